The minimum atomic E-state index is -4.80. The van der Waals surface area contributed by atoms with E-state index in [0.29, 0.717) is 34.3 Å². The highest BCUT2D eigenvalue weighted by molar-refractivity contribution is 5.87. The number of hydrogen-bond donors (Lipinski definition) is 0. The predicted octanol–water partition coefficient (Wildman–Crippen LogP) is 6.71. The number of fused-ring (bicyclic) bond motifs is 1. The summed E-state index contributed by atoms with van der Waals surface area (Å²) in [5.74, 6) is 0.148. The Morgan fingerprint density at radius 3 is 2.45 bits per heavy atom. The maximum atomic E-state index is 14.6. The molecule has 0 N–H and O–H groups in total. The summed E-state index contributed by atoms with van der Waals surface area (Å²) in [6, 6.07) is 8.81. The smallest absolute Gasteiger partial charge is 0.355 e. The van der Waals surface area contributed by atoms with Gasteiger partial charge in [0.05, 0.1) is 12.1 Å². The number of halogens is 4. The Hall–Kier alpha value is -4.07. The molecular weight excluding hydrogens is 522 g/mol. The highest BCUT2D eigenvalue weighted by Crippen LogP contribution is 2.37. The standard InChI is InChI=1S/C29H29F4N7/c1-16(2)20-10-11-35-23(13-20)27-38-26-25(40(27)15-18-8-9-21(22(30)12-18)29(31,32)33)28(37-24(14-34)36-26)39(4)17(3)19-6-5-7-19/h8-13,16-17,19H,5-7,15H2,1-4H3. The van der Waals surface area contributed by atoms with Gasteiger partial charge in [0.25, 0.3) is 0 Å². The van der Waals surface area contributed by atoms with Crippen molar-refractivity contribution in [3.63, 3.8) is 0 Å². The van der Waals surface area contributed by atoms with Gasteiger partial charge in [0.1, 0.15) is 23.1 Å². The molecule has 0 aliphatic heterocycles. The number of nitrogens with zero attached hydrogens (tertiary/aromatic N) is 7. The van der Waals surface area contributed by atoms with Gasteiger partial charge in [-0.2, -0.15) is 28.4 Å². The zero-order valence-electron chi connectivity index (χ0n) is 22.7. The van der Waals surface area contributed by atoms with E-state index < -0.39 is 17.6 Å². The molecule has 1 unspecified atom stereocenters. The molecule has 1 aliphatic rings. The first kappa shape index (κ1) is 27.5. The minimum Gasteiger partial charge on any atom is -0.355 e. The number of benzene rings is 1. The van der Waals surface area contributed by atoms with Crippen molar-refractivity contribution in [2.45, 2.75) is 64.7 Å². The quantitative estimate of drug-likeness (QED) is 0.237. The van der Waals surface area contributed by atoms with E-state index in [0.717, 1.165) is 37.0 Å². The third-order valence-electron chi connectivity index (χ3n) is 7.82. The first-order valence-corrected chi connectivity index (χ1v) is 13.2. The highest BCUT2D eigenvalue weighted by atomic mass is 19.4. The third-order valence-corrected chi connectivity index (χ3v) is 7.82. The van der Waals surface area contributed by atoms with Gasteiger partial charge >= 0.3 is 6.18 Å². The second-order valence-corrected chi connectivity index (χ2v) is 10.7. The lowest BCUT2D eigenvalue weighted by Gasteiger charge is -2.38. The number of pyridine rings is 1. The lowest BCUT2D eigenvalue weighted by atomic mass is 9.80. The first-order chi connectivity index (χ1) is 19.0. The molecule has 11 heteroatoms. The molecule has 3 heterocycles. The topological polar surface area (TPSA) is 83.5 Å². The van der Waals surface area contributed by atoms with Crippen molar-refractivity contribution in [2.24, 2.45) is 5.92 Å². The molecular formula is C29H29F4N7. The summed E-state index contributed by atoms with van der Waals surface area (Å²) in [5, 5.41) is 9.68. The van der Waals surface area contributed by atoms with Crippen LogP contribution in [0.15, 0.2) is 36.5 Å². The fourth-order valence-electron chi connectivity index (χ4n) is 5.09. The third kappa shape index (κ3) is 5.10. The van der Waals surface area contributed by atoms with Crippen molar-refractivity contribution < 1.29 is 17.6 Å². The van der Waals surface area contributed by atoms with Gasteiger partial charge in [0.2, 0.25) is 5.82 Å². The summed E-state index contributed by atoms with van der Waals surface area (Å²) in [4.78, 5) is 20.2. The van der Waals surface area contributed by atoms with Crippen LogP contribution < -0.4 is 4.90 Å². The Morgan fingerprint density at radius 1 is 1.10 bits per heavy atom. The minimum absolute atomic E-state index is 0.0115. The molecule has 208 valence electrons. The summed E-state index contributed by atoms with van der Waals surface area (Å²) in [5.41, 5.74) is 1.28. The molecule has 4 aromatic rings. The lowest BCUT2D eigenvalue weighted by molar-refractivity contribution is -0.140. The molecule has 7 nitrogen and oxygen atoms in total. The monoisotopic (exact) mass is 551 g/mol. The number of hydrogen-bond acceptors (Lipinski definition) is 6. The molecule has 0 spiro atoms. The zero-order chi connectivity index (χ0) is 28.8. The number of alkyl halides is 3. The number of rotatable bonds is 7. The van der Waals surface area contributed by atoms with Gasteiger partial charge in [-0.25, -0.2) is 9.37 Å². The number of aromatic nitrogens is 5. The van der Waals surface area contributed by atoms with Crippen LogP contribution in [0.4, 0.5) is 23.4 Å². The van der Waals surface area contributed by atoms with Crippen molar-refractivity contribution in [3.8, 4) is 17.6 Å². The van der Waals surface area contributed by atoms with Crippen molar-refractivity contribution in [2.75, 3.05) is 11.9 Å². The molecule has 0 bridgehead atoms. The van der Waals surface area contributed by atoms with E-state index in [1.54, 1.807) is 10.8 Å². The lowest BCUT2D eigenvalue weighted by Crippen LogP contribution is -2.39. The van der Waals surface area contributed by atoms with Gasteiger partial charge in [0, 0.05) is 19.3 Å². The van der Waals surface area contributed by atoms with Crippen LogP contribution in [0.3, 0.4) is 0 Å². The molecule has 1 aliphatic carbocycles. The van der Waals surface area contributed by atoms with E-state index in [4.69, 9.17) is 4.98 Å². The summed E-state index contributed by atoms with van der Waals surface area (Å²) >= 11 is 0. The molecule has 0 radical (unpaired) electrons. The second-order valence-electron chi connectivity index (χ2n) is 10.7. The Kier molecular flexibility index (Phi) is 7.21. The maximum Gasteiger partial charge on any atom is 0.419 e. The fraction of sp³-hybridized carbons (Fsp3) is 0.414. The van der Waals surface area contributed by atoms with Gasteiger partial charge in [-0.15, -0.1) is 0 Å². The first-order valence-electron chi connectivity index (χ1n) is 13.2. The van der Waals surface area contributed by atoms with Crippen LogP contribution in [0.1, 0.15) is 68.5 Å². The van der Waals surface area contributed by atoms with Crippen LogP contribution in [-0.2, 0) is 12.7 Å². The molecule has 40 heavy (non-hydrogen) atoms. The molecule has 0 saturated heterocycles. The number of imidazole rings is 1. The Balaban J connectivity index is 1.73. The number of nitriles is 1. The van der Waals surface area contributed by atoms with Gasteiger partial charge in [0.15, 0.2) is 17.3 Å². The summed E-state index contributed by atoms with van der Waals surface area (Å²) in [7, 11) is 1.90. The Labute approximate surface area is 229 Å². The maximum absolute atomic E-state index is 14.6. The van der Waals surface area contributed by atoms with E-state index in [2.05, 4.69) is 21.9 Å². The summed E-state index contributed by atoms with van der Waals surface area (Å²) < 4.78 is 56.0. The zero-order valence-corrected chi connectivity index (χ0v) is 22.7. The normalized spacial score (nSPS) is 14.8. The van der Waals surface area contributed by atoms with Crippen LogP contribution >= 0.6 is 0 Å². The Bertz CT molecular complexity index is 1600. The highest BCUT2D eigenvalue weighted by Gasteiger charge is 2.34. The molecule has 1 saturated carbocycles. The molecule has 3 aromatic heterocycles. The largest absolute Gasteiger partial charge is 0.419 e. The van der Waals surface area contributed by atoms with Crippen LogP contribution in [0.2, 0.25) is 0 Å². The van der Waals surface area contributed by atoms with Crippen molar-refractivity contribution in [1.29, 1.82) is 5.26 Å². The van der Waals surface area contributed by atoms with Crippen LogP contribution in [0, 0.1) is 23.1 Å². The van der Waals surface area contributed by atoms with Gasteiger partial charge in [-0.3, -0.25) is 4.98 Å². The molecule has 1 atom stereocenters. The SMILES string of the molecule is CC(C)c1ccnc(-c2nc3nc(C#N)nc(N(C)C(C)C4CCC4)c3n2Cc2ccc(C(F)(F)F)c(F)c2)c1. The predicted molar refractivity (Wildman–Crippen MR) is 143 cm³/mol. The Morgan fingerprint density at radius 2 is 1.85 bits per heavy atom. The van der Waals surface area contributed by atoms with Crippen LogP contribution in [0.5, 0.6) is 0 Å². The van der Waals surface area contributed by atoms with Crippen molar-refractivity contribution in [1.82, 2.24) is 24.5 Å². The molecule has 5 rings (SSSR count). The van der Waals surface area contributed by atoms with Crippen molar-refractivity contribution >= 4 is 17.0 Å². The average molecular weight is 552 g/mol. The van der Waals surface area contributed by atoms with E-state index in [1.807, 2.05) is 44.0 Å². The molecule has 1 fully saturated rings. The van der Waals surface area contributed by atoms with E-state index in [-0.39, 0.29) is 30.0 Å². The van der Waals surface area contributed by atoms with Gasteiger partial charge < -0.3 is 9.47 Å². The summed E-state index contributed by atoms with van der Waals surface area (Å²) in [6.07, 6.45) is 0.207. The van der Waals surface area contributed by atoms with Gasteiger partial charge in [-0.05, 0) is 67.0 Å². The molecule has 1 aromatic carbocycles. The van der Waals surface area contributed by atoms with E-state index in [9.17, 15) is 22.8 Å². The fourth-order valence-corrected chi connectivity index (χ4v) is 5.09. The van der Waals surface area contributed by atoms with E-state index >= 15 is 0 Å². The number of anilines is 1. The summed E-state index contributed by atoms with van der Waals surface area (Å²) in [6.45, 7) is 6.19. The van der Waals surface area contributed by atoms with Crippen LogP contribution in [-0.4, -0.2) is 37.6 Å². The van der Waals surface area contributed by atoms with Gasteiger partial charge in [-0.1, -0.05) is 26.3 Å². The van der Waals surface area contributed by atoms with E-state index in [1.165, 1.54) is 6.07 Å². The molecule has 0 amide bonds. The van der Waals surface area contributed by atoms with Crippen LogP contribution in [0.25, 0.3) is 22.7 Å². The van der Waals surface area contributed by atoms with Crippen molar-refractivity contribution in [3.05, 3.63) is 64.9 Å². The second kappa shape index (κ2) is 10.5. The average Bonchev–Trinajstić information content (AvgIpc) is 3.24.